The Morgan fingerprint density at radius 3 is 2.77 bits per heavy atom. The van der Waals surface area contributed by atoms with Crippen molar-refractivity contribution in [3.63, 3.8) is 0 Å². The lowest BCUT2D eigenvalue weighted by Crippen LogP contribution is -2.11. The van der Waals surface area contributed by atoms with Gasteiger partial charge in [-0.2, -0.15) is 0 Å². The summed E-state index contributed by atoms with van der Waals surface area (Å²) in [5.41, 5.74) is 6.87. The van der Waals surface area contributed by atoms with Gasteiger partial charge in [-0.25, -0.2) is 4.98 Å². The summed E-state index contributed by atoms with van der Waals surface area (Å²) in [6.45, 7) is 0. The van der Waals surface area contributed by atoms with Gasteiger partial charge in [0.2, 0.25) is 0 Å². The van der Waals surface area contributed by atoms with E-state index in [4.69, 9.17) is 5.73 Å². The Morgan fingerprint density at radius 2 is 2.00 bits per heavy atom. The number of anilines is 2. The molecule has 0 fully saturated rings. The number of benzene rings is 2. The highest BCUT2D eigenvalue weighted by Crippen LogP contribution is 2.38. The number of nitrogens with two attached hydrogens (primary N) is 1. The molecule has 0 spiro atoms. The molecule has 0 saturated carbocycles. The normalized spacial score (nSPS) is 11.0. The van der Waals surface area contributed by atoms with Crippen LogP contribution >= 0.6 is 22.7 Å². The monoisotopic (exact) mass is 381 g/mol. The molecule has 3 N–H and O–H groups in total. The number of amides is 1. The highest BCUT2D eigenvalue weighted by molar-refractivity contribution is 7.23. The molecule has 0 aliphatic carbocycles. The molecule has 5 nitrogen and oxygen atoms in total. The zero-order valence-electron chi connectivity index (χ0n) is 13.8. The lowest BCUT2D eigenvalue weighted by Gasteiger charge is -2.12. The van der Waals surface area contributed by atoms with Gasteiger partial charge in [-0.1, -0.05) is 18.2 Å². The summed E-state index contributed by atoms with van der Waals surface area (Å²) in [5, 5.41) is 14.8. The van der Waals surface area contributed by atoms with Gasteiger partial charge in [-0.15, -0.1) is 22.7 Å². The quantitative estimate of drug-likeness (QED) is 0.541. The molecule has 4 aromatic rings. The molecule has 0 aliphatic rings. The Balaban J connectivity index is 1.67. The number of thiophene rings is 1. The molecule has 7 heteroatoms. The summed E-state index contributed by atoms with van der Waals surface area (Å²) in [6.07, 6.45) is 0. The topological polar surface area (TPSA) is 79.4 Å². The number of carbonyl (C=O) groups excluding carboxylic acids is 1. The fourth-order valence-electron chi connectivity index (χ4n) is 2.67. The van der Waals surface area contributed by atoms with Gasteiger partial charge in [-0.3, -0.25) is 4.79 Å². The van der Waals surface area contributed by atoms with Crippen molar-refractivity contribution in [1.29, 1.82) is 0 Å². The van der Waals surface area contributed by atoms with Gasteiger partial charge < -0.3 is 15.7 Å². The number of carbonyl (C=O) groups is 1. The van der Waals surface area contributed by atoms with Crippen LogP contribution in [0.4, 0.5) is 10.1 Å². The molecule has 2 aromatic carbocycles. The van der Waals surface area contributed by atoms with Crippen LogP contribution in [0, 0.1) is 0 Å². The van der Waals surface area contributed by atoms with Gasteiger partial charge in [0.05, 0.1) is 16.3 Å². The van der Waals surface area contributed by atoms with E-state index < -0.39 is 5.91 Å². The first-order valence-corrected chi connectivity index (χ1v) is 9.53. The molecule has 0 saturated heterocycles. The number of hydrogen-bond acceptors (Lipinski definition) is 6. The van der Waals surface area contributed by atoms with Crippen molar-refractivity contribution in [2.24, 2.45) is 5.73 Å². The first kappa shape index (κ1) is 16.6. The van der Waals surface area contributed by atoms with E-state index in [-0.39, 0.29) is 11.3 Å². The standard InChI is InChI=1S/C19H15N3O2S2/c1-22(17-9-12-4-2-3-5-16(12)26-17)19-21-14(10-25-19)11-6-7-15(23)13(8-11)18(20)24/h2-10,23H,1H3,(H2,20,24). The third-order valence-electron chi connectivity index (χ3n) is 4.08. The predicted molar refractivity (Wildman–Crippen MR) is 108 cm³/mol. The highest BCUT2D eigenvalue weighted by atomic mass is 32.1. The largest absolute Gasteiger partial charge is 0.507 e. The van der Waals surface area contributed by atoms with E-state index in [0.717, 1.165) is 21.4 Å². The van der Waals surface area contributed by atoms with Crippen LogP contribution in [-0.4, -0.2) is 23.0 Å². The van der Waals surface area contributed by atoms with Crippen LogP contribution in [0.15, 0.2) is 53.9 Å². The Hall–Kier alpha value is -2.90. The van der Waals surface area contributed by atoms with E-state index in [9.17, 15) is 9.90 Å². The molecule has 2 heterocycles. The van der Waals surface area contributed by atoms with Crippen molar-refractivity contribution in [3.05, 3.63) is 59.5 Å². The maximum absolute atomic E-state index is 11.4. The predicted octanol–water partition coefficient (Wildman–Crippen LogP) is 4.60. The van der Waals surface area contributed by atoms with Crippen molar-refractivity contribution in [2.75, 3.05) is 11.9 Å². The van der Waals surface area contributed by atoms with Crippen LogP contribution in [-0.2, 0) is 0 Å². The molecule has 0 bridgehead atoms. The van der Waals surface area contributed by atoms with Crippen LogP contribution < -0.4 is 10.6 Å². The Morgan fingerprint density at radius 1 is 1.19 bits per heavy atom. The number of aromatic hydroxyl groups is 1. The number of aromatic nitrogens is 1. The molecule has 4 rings (SSSR count). The van der Waals surface area contributed by atoms with Gasteiger partial charge in [0, 0.05) is 22.7 Å². The van der Waals surface area contributed by atoms with Crippen LogP contribution in [0.5, 0.6) is 5.75 Å². The van der Waals surface area contributed by atoms with Gasteiger partial charge in [0.1, 0.15) is 5.75 Å². The number of hydrogen-bond donors (Lipinski definition) is 2. The summed E-state index contributed by atoms with van der Waals surface area (Å²) in [6, 6.07) is 15.2. The summed E-state index contributed by atoms with van der Waals surface area (Å²) in [7, 11) is 1.99. The van der Waals surface area contributed by atoms with Crippen LogP contribution in [0.1, 0.15) is 10.4 Å². The Kier molecular flexibility index (Phi) is 4.10. The van der Waals surface area contributed by atoms with Crippen molar-refractivity contribution >= 4 is 48.8 Å². The van der Waals surface area contributed by atoms with Crippen molar-refractivity contribution < 1.29 is 9.90 Å². The molecule has 130 valence electrons. The van der Waals surface area contributed by atoms with E-state index in [1.54, 1.807) is 23.5 Å². The first-order chi connectivity index (χ1) is 12.5. The minimum absolute atomic E-state index is 0.0925. The van der Waals surface area contributed by atoms with Crippen LogP contribution in [0.3, 0.4) is 0 Å². The van der Waals surface area contributed by atoms with Crippen molar-refractivity contribution in [1.82, 2.24) is 4.98 Å². The SMILES string of the molecule is CN(c1cc2ccccc2s1)c1nc(-c2ccc(O)c(C(N)=O)c2)cs1. The van der Waals surface area contributed by atoms with E-state index in [1.807, 2.05) is 29.5 Å². The van der Waals surface area contributed by atoms with Gasteiger partial charge in [0.25, 0.3) is 5.91 Å². The molecule has 1 amide bonds. The molecular formula is C19H15N3O2S2. The van der Waals surface area contributed by atoms with E-state index in [0.29, 0.717) is 0 Å². The van der Waals surface area contributed by atoms with Crippen LogP contribution in [0.2, 0.25) is 0 Å². The Bertz CT molecular complexity index is 1080. The minimum atomic E-state index is -0.665. The zero-order valence-corrected chi connectivity index (χ0v) is 15.5. The smallest absolute Gasteiger partial charge is 0.252 e. The third kappa shape index (κ3) is 2.91. The second-order valence-corrected chi connectivity index (χ2v) is 7.69. The molecule has 0 aliphatic heterocycles. The van der Waals surface area contributed by atoms with Crippen molar-refractivity contribution in [3.8, 4) is 17.0 Å². The summed E-state index contributed by atoms with van der Waals surface area (Å²) < 4.78 is 1.23. The van der Waals surface area contributed by atoms with Crippen LogP contribution in [0.25, 0.3) is 21.3 Å². The minimum Gasteiger partial charge on any atom is -0.507 e. The van der Waals surface area contributed by atoms with Crippen molar-refractivity contribution in [2.45, 2.75) is 0 Å². The number of phenols is 1. The van der Waals surface area contributed by atoms with Gasteiger partial charge >= 0.3 is 0 Å². The average molecular weight is 381 g/mol. The zero-order chi connectivity index (χ0) is 18.3. The summed E-state index contributed by atoms with van der Waals surface area (Å²) >= 11 is 3.23. The molecule has 0 atom stereocenters. The van der Waals surface area contributed by atoms with E-state index in [1.165, 1.54) is 27.5 Å². The molecule has 0 unspecified atom stereocenters. The highest BCUT2D eigenvalue weighted by Gasteiger charge is 2.15. The second-order valence-electron chi connectivity index (χ2n) is 5.79. The van der Waals surface area contributed by atoms with E-state index in [2.05, 4.69) is 23.2 Å². The first-order valence-electron chi connectivity index (χ1n) is 7.84. The maximum atomic E-state index is 11.4. The third-order valence-corrected chi connectivity index (χ3v) is 6.19. The number of nitrogens with zero attached hydrogens (tertiary/aromatic N) is 2. The number of primary amides is 1. The lowest BCUT2D eigenvalue weighted by atomic mass is 10.1. The molecule has 2 aromatic heterocycles. The number of rotatable bonds is 4. The fraction of sp³-hybridized carbons (Fsp3) is 0.0526. The summed E-state index contributed by atoms with van der Waals surface area (Å²) in [5.74, 6) is -0.790. The number of fused-ring (bicyclic) bond motifs is 1. The summed E-state index contributed by atoms with van der Waals surface area (Å²) in [4.78, 5) is 18.2. The molecule has 26 heavy (non-hydrogen) atoms. The molecule has 0 radical (unpaired) electrons. The van der Waals surface area contributed by atoms with Gasteiger partial charge in [0.15, 0.2) is 5.13 Å². The maximum Gasteiger partial charge on any atom is 0.252 e. The Labute approximate surface area is 158 Å². The van der Waals surface area contributed by atoms with E-state index >= 15 is 0 Å². The van der Waals surface area contributed by atoms with Gasteiger partial charge in [-0.05, 0) is 35.7 Å². The average Bonchev–Trinajstić information content (AvgIpc) is 3.28. The lowest BCUT2D eigenvalue weighted by molar-refractivity contribution is 0.0998. The molecular weight excluding hydrogens is 366 g/mol. The fourth-order valence-corrected chi connectivity index (χ4v) is 4.57. The second kappa shape index (κ2) is 6.44. The number of thiazole rings is 1.